The van der Waals surface area contributed by atoms with Crippen LogP contribution in [0.5, 0.6) is 0 Å². The molecule has 1 heterocycles. The van der Waals surface area contributed by atoms with Crippen LogP contribution in [0.4, 0.5) is 4.79 Å². The second-order valence-electron chi connectivity index (χ2n) is 6.44. The van der Waals surface area contributed by atoms with Crippen molar-refractivity contribution < 1.29 is 9.53 Å². The highest BCUT2D eigenvalue weighted by Gasteiger charge is 2.25. The van der Waals surface area contributed by atoms with Gasteiger partial charge < -0.3 is 15.0 Å². The number of benzene rings is 1. The van der Waals surface area contributed by atoms with Gasteiger partial charge in [0.2, 0.25) is 0 Å². The Morgan fingerprint density at radius 1 is 1.44 bits per heavy atom. The zero-order chi connectivity index (χ0) is 20.0. The summed E-state index contributed by atoms with van der Waals surface area (Å²) in [4.78, 5) is 31.7. The maximum Gasteiger partial charge on any atom is 0.318 e. The van der Waals surface area contributed by atoms with Crippen molar-refractivity contribution in [2.75, 3.05) is 26.8 Å². The molecule has 0 saturated heterocycles. The summed E-state index contributed by atoms with van der Waals surface area (Å²) < 4.78 is 6.62. The first-order chi connectivity index (χ1) is 12.9. The van der Waals surface area contributed by atoms with Gasteiger partial charge in [0.05, 0.1) is 23.6 Å². The van der Waals surface area contributed by atoms with Gasteiger partial charge in [-0.2, -0.15) is 0 Å². The molecule has 7 nitrogen and oxygen atoms in total. The molecular weight excluding hydrogens is 368 g/mol. The van der Waals surface area contributed by atoms with Crippen LogP contribution in [-0.2, 0) is 11.8 Å². The molecule has 0 saturated carbocycles. The lowest BCUT2D eigenvalue weighted by molar-refractivity contribution is 0.129. The molecule has 2 rings (SSSR count). The lowest BCUT2D eigenvalue weighted by Crippen LogP contribution is -2.44. The predicted octanol–water partition coefficient (Wildman–Crippen LogP) is 3.11. The lowest BCUT2D eigenvalue weighted by atomic mass is 10.2. The summed E-state index contributed by atoms with van der Waals surface area (Å²) in [6.45, 7) is 5.32. The molecular formula is C19H27ClN4O3. The number of unbranched alkanes of at least 4 members (excludes halogenated alkanes) is 1. The molecule has 0 fully saturated rings. The minimum Gasteiger partial charge on any atom is -0.383 e. The van der Waals surface area contributed by atoms with Crippen LogP contribution in [0, 0.1) is 0 Å². The van der Waals surface area contributed by atoms with Crippen molar-refractivity contribution in [2.24, 2.45) is 7.05 Å². The Morgan fingerprint density at radius 3 is 2.85 bits per heavy atom. The molecule has 0 aliphatic heterocycles. The van der Waals surface area contributed by atoms with E-state index in [1.807, 2.05) is 6.92 Å². The number of ether oxygens (including phenoxy) is 1. The van der Waals surface area contributed by atoms with Crippen molar-refractivity contribution in [3.8, 4) is 0 Å². The van der Waals surface area contributed by atoms with Gasteiger partial charge in [-0.1, -0.05) is 24.9 Å². The van der Waals surface area contributed by atoms with Gasteiger partial charge in [0, 0.05) is 32.3 Å². The number of carbonyl (C=O) groups is 1. The van der Waals surface area contributed by atoms with Crippen molar-refractivity contribution in [2.45, 2.75) is 32.7 Å². The standard InChI is InChI=1S/C19H27ClN4O3/c1-5-6-9-21-19(26)24(10-11-27-4)13(2)17-22-16-8-7-14(20)12-15(16)18(25)23(17)3/h7-8,12-13H,5-6,9-11H2,1-4H3,(H,21,26). The molecule has 8 heteroatoms. The monoisotopic (exact) mass is 394 g/mol. The fourth-order valence-electron chi connectivity index (χ4n) is 2.91. The van der Waals surface area contributed by atoms with E-state index in [4.69, 9.17) is 16.3 Å². The minimum atomic E-state index is -0.403. The smallest absolute Gasteiger partial charge is 0.318 e. The average Bonchev–Trinajstić information content (AvgIpc) is 2.65. The maximum atomic E-state index is 12.7. The number of hydrogen-bond acceptors (Lipinski definition) is 4. The minimum absolute atomic E-state index is 0.192. The van der Waals surface area contributed by atoms with Gasteiger partial charge in [0.1, 0.15) is 5.82 Å². The second kappa shape index (κ2) is 9.71. The molecule has 0 aliphatic rings. The van der Waals surface area contributed by atoms with Gasteiger partial charge in [0.25, 0.3) is 5.56 Å². The molecule has 2 amide bonds. The van der Waals surface area contributed by atoms with E-state index in [1.54, 1.807) is 37.3 Å². The fourth-order valence-corrected chi connectivity index (χ4v) is 3.08. The van der Waals surface area contributed by atoms with Gasteiger partial charge >= 0.3 is 6.03 Å². The highest BCUT2D eigenvalue weighted by Crippen LogP contribution is 2.21. The SMILES string of the molecule is CCCCNC(=O)N(CCOC)C(C)c1nc2ccc(Cl)cc2c(=O)n1C. The van der Waals surface area contributed by atoms with E-state index < -0.39 is 6.04 Å². The molecule has 1 unspecified atom stereocenters. The molecule has 0 bridgehead atoms. The van der Waals surface area contributed by atoms with E-state index >= 15 is 0 Å². The zero-order valence-corrected chi connectivity index (χ0v) is 17.0. The molecule has 2 aromatic rings. The van der Waals surface area contributed by atoms with Gasteiger partial charge in [0.15, 0.2) is 0 Å². The number of fused-ring (bicyclic) bond motifs is 1. The van der Waals surface area contributed by atoms with Crippen LogP contribution in [0.2, 0.25) is 5.02 Å². The average molecular weight is 395 g/mol. The Kier molecular flexibility index (Phi) is 7.62. The number of nitrogens with one attached hydrogen (secondary N) is 1. The summed E-state index contributed by atoms with van der Waals surface area (Å²) >= 11 is 6.00. The number of amides is 2. The van der Waals surface area contributed by atoms with Crippen LogP contribution in [0.3, 0.4) is 0 Å². The first-order valence-corrected chi connectivity index (χ1v) is 9.48. The van der Waals surface area contributed by atoms with Crippen LogP contribution in [0.1, 0.15) is 38.6 Å². The number of hydrogen-bond donors (Lipinski definition) is 1. The molecule has 0 radical (unpaired) electrons. The van der Waals surface area contributed by atoms with Crippen LogP contribution in [-0.4, -0.2) is 47.3 Å². The summed E-state index contributed by atoms with van der Waals surface area (Å²) in [6.07, 6.45) is 1.91. The van der Waals surface area contributed by atoms with Gasteiger partial charge in [-0.15, -0.1) is 0 Å². The molecule has 27 heavy (non-hydrogen) atoms. The van der Waals surface area contributed by atoms with E-state index in [2.05, 4.69) is 17.2 Å². The number of aromatic nitrogens is 2. The topological polar surface area (TPSA) is 76.5 Å². The fraction of sp³-hybridized carbons (Fsp3) is 0.526. The van der Waals surface area contributed by atoms with Crippen LogP contribution in [0.25, 0.3) is 10.9 Å². The quantitative estimate of drug-likeness (QED) is 0.698. The van der Waals surface area contributed by atoms with E-state index in [-0.39, 0.29) is 11.6 Å². The summed E-state index contributed by atoms with van der Waals surface area (Å²) in [5.41, 5.74) is 0.366. The van der Waals surface area contributed by atoms with Gasteiger partial charge in [-0.05, 0) is 31.5 Å². The van der Waals surface area contributed by atoms with E-state index in [0.29, 0.717) is 41.4 Å². The largest absolute Gasteiger partial charge is 0.383 e. The normalized spacial score (nSPS) is 12.2. The lowest BCUT2D eigenvalue weighted by Gasteiger charge is -2.30. The Hall–Kier alpha value is -2.12. The van der Waals surface area contributed by atoms with Gasteiger partial charge in [-0.25, -0.2) is 9.78 Å². The second-order valence-corrected chi connectivity index (χ2v) is 6.88. The summed E-state index contributed by atoms with van der Waals surface area (Å²) in [5.74, 6) is 0.511. The van der Waals surface area contributed by atoms with Crippen molar-refractivity contribution in [3.05, 3.63) is 39.4 Å². The maximum absolute atomic E-state index is 12.7. The Labute approximate surface area is 164 Å². The Morgan fingerprint density at radius 2 is 2.19 bits per heavy atom. The number of urea groups is 1. The summed E-state index contributed by atoms with van der Waals surface area (Å²) in [7, 11) is 3.25. The summed E-state index contributed by atoms with van der Waals surface area (Å²) in [5, 5.41) is 3.86. The highest BCUT2D eigenvalue weighted by atomic mass is 35.5. The van der Waals surface area contributed by atoms with Crippen molar-refractivity contribution in [1.29, 1.82) is 0 Å². The van der Waals surface area contributed by atoms with Crippen molar-refractivity contribution in [1.82, 2.24) is 19.8 Å². The van der Waals surface area contributed by atoms with Crippen molar-refractivity contribution in [3.63, 3.8) is 0 Å². The Balaban J connectivity index is 2.39. The number of rotatable bonds is 8. The Bertz CT molecular complexity index is 853. The number of methoxy groups -OCH3 is 1. The molecule has 0 spiro atoms. The van der Waals surface area contributed by atoms with Crippen LogP contribution < -0.4 is 10.9 Å². The number of carbonyl (C=O) groups excluding carboxylic acids is 1. The molecule has 148 valence electrons. The first kappa shape index (κ1) is 21.2. The third kappa shape index (κ3) is 4.99. The molecule has 1 aromatic carbocycles. The third-order valence-electron chi connectivity index (χ3n) is 4.52. The summed E-state index contributed by atoms with van der Waals surface area (Å²) in [6, 6.07) is 4.43. The molecule has 1 atom stereocenters. The molecule has 1 aromatic heterocycles. The predicted molar refractivity (Wildman–Crippen MR) is 107 cm³/mol. The first-order valence-electron chi connectivity index (χ1n) is 9.10. The van der Waals surface area contributed by atoms with E-state index in [9.17, 15) is 9.59 Å². The zero-order valence-electron chi connectivity index (χ0n) is 16.3. The third-order valence-corrected chi connectivity index (χ3v) is 4.75. The van der Waals surface area contributed by atoms with Crippen LogP contribution in [0.15, 0.2) is 23.0 Å². The van der Waals surface area contributed by atoms with E-state index in [1.165, 1.54) is 4.57 Å². The van der Waals surface area contributed by atoms with E-state index in [0.717, 1.165) is 12.8 Å². The highest BCUT2D eigenvalue weighted by molar-refractivity contribution is 6.31. The van der Waals surface area contributed by atoms with Crippen molar-refractivity contribution >= 4 is 28.5 Å². The number of halogens is 1. The molecule has 0 aliphatic carbocycles. The van der Waals surface area contributed by atoms with Crippen LogP contribution >= 0.6 is 11.6 Å². The molecule has 1 N–H and O–H groups in total. The van der Waals surface area contributed by atoms with Gasteiger partial charge in [-0.3, -0.25) is 9.36 Å². The number of nitrogens with zero attached hydrogens (tertiary/aromatic N) is 3.